The second-order valence-corrected chi connectivity index (χ2v) is 7.56. The smallest absolute Gasteiger partial charge is 0.338 e. The number of Topliss-reactive ketones (excluding diaryl/α,β-unsaturated/α-hetero) is 1. The number of rotatable bonds is 5. The second-order valence-electron chi connectivity index (χ2n) is 7.56. The molecule has 0 unspecified atom stereocenters. The highest BCUT2D eigenvalue weighted by Gasteiger charge is 2.22. The highest BCUT2D eigenvalue weighted by Crippen LogP contribution is 2.18. The molecule has 0 radical (unpaired) electrons. The van der Waals surface area contributed by atoms with Gasteiger partial charge in [0, 0.05) is 16.7 Å². The number of carbonyl (C=O) groups excluding carboxylic acids is 3. The first-order valence-electron chi connectivity index (χ1n) is 8.81. The first-order chi connectivity index (χ1) is 12.6. The number of hydrogen-bond donors (Lipinski definition) is 1. The molecule has 0 saturated carbocycles. The average molecular weight is 367 g/mol. The molecule has 5 nitrogen and oxygen atoms in total. The number of amides is 1. The van der Waals surface area contributed by atoms with Crippen molar-refractivity contribution < 1.29 is 19.1 Å². The zero-order valence-electron chi connectivity index (χ0n) is 16.3. The molecule has 5 heteroatoms. The summed E-state index contributed by atoms with van der Waals surface area (Å²) in [6, 6.07) is 13.5. The zero-order valence-corrected chi connectivity index (χ0v) is 16.3. The van der Waals surface area contributed by atoms with E-state index in [1.54, 1.807) is 49.4 Å². The lowest BCUT2D eigenvalue weighted by molar-refractivity contribution is -0.123. The van der Waals surface area contributed by atoms with Crippen LogP contribution in [0.25, 0.3) is 0 Å². The van der Waals surface area contributed by atoms with E-state index < -0.39 is 17.5 Å². The van der Waals surface area contributed by atoms with Crippen molar-refractivity contribution in [3.05, 3.63) is 65.2 Å². The Hall–Kier alpha value is -2.95. The van der Waals surface area contributed by atoms with Gasteiger partial charge in [0.15, 0.2) is 6.10 Å². The van der Waals surface area contributed by atoms with Gasteiger partial charge in [0.25, 0.3) is 0 Å². The third-order valence-corrected chi connectivity index (χ3v) is 4.02. The number of ketones is 1. The van der Waals surface area contributed by atoms with E-state index in [-0.39, 0.29) is 11.7 Å². The number of anilines is 1. The summed E-state index contributed by atoms with van der Waals surface area (Å²) in [5.41, 5.74) is 1.86. The van der Waals surface area contributed by atoms with Crippen molar-refractivity contribution >= 4 is 23.3 Å². The molecule has 1 amide bonds. The van der Waals surface area contributed by atoms with E-state index in [2.05, 4.69) is 5.32 Å². The third kappa shape index (κ3) is 5.51. The molecule has 0 aliphatic heterocycles. The molecule has 2 aromatic carbocycles. The Morgan fingerprint density at radius 2 is 1.59 bits per heavy atom. The van der Waals surface area contributed by atoms with Crippen LogP contribution >= 0.6 is 0 Å². The number of nitrogens with one attached hydrogen (secondary N) is 1. The first kappa shape index (κ1) is 20.4. The van der Waals surface area contributed by atoms with Gasteiger partial charge in [-0.1, -0.05) is 38.5 Å². The van der Waals surface area contributed by atoms with Crippen molar-refractivity contribution in [1.82, 2.24) is 0 Å². The van der Waals surface area contributed by atoms with Crippen LogP contribution in [0.5, 0.6) is 0 Å². The fraction of sp³-hybridized carbons (Fsp3) is 0.318. The van der Waals surface area contributed by atoms with E-state index in [0.717, 1.165) is 5.56 Å². The third-order valence-electron chi connectivity index (χ3n) is 4.02. The molecule has 0 aliphatic rings. The lowest BCUT2D eigenvalue weighted by Gasteiger charge is -2.18. The Labute approximate surface area is 159 Å². The summed E-state index contributed by atoms with van der Waals surface area (Å²) in [7, 11) is 0. The van der Waals surface area contributed by atoms with Gasteiger partial charge in [0.2, 0.25) is 11.7 Å². The van der Waals surface area contributed by atoms with E-state index in [0.29, 0.717) is 16.8 Å². The highest BCUT2D eigenvalue weighted by atomic mass is 16.5. The maximum absolute atomic E-state index is 12.5. The molecule has 1 N–H and O–H groups in total. The van der Waals surface area contributed by atoms with Gasteiger partial charge in [-0.25, -0.2) is 4.79 Å². The minimum atomic E-state index is -0.909. The van der Waals surface area contributed by atoms with Gasteiger partial charge in [-0.3, -0.25) is 9.59 Å². The topological polar surface area (TPSA) is 72.5 Å². The van der Waals surface area contributed by atoms with Crippen LogP contribution in [0.3, 0.4) is 0 Å². The van der Waals surface area contributed by atoms with Crippen LogP contribution in [0.4, 0.5) is 5.69 Å². The number of benzene rings is 2. The standard InChI is InChI=1S/C22H25NO4/c1-14-7-6-8-17(13-14)20(25)27-15(2)19(24)16-9-11-18(12-10-16)23-21(26)22(3,4)5/h6-13,15H,1-5H3,(H,23,26)/t15-/m1/s1. The Morgan fingerprint density at radius 3 is 2.15 bits per heavy atom. The molecule has 0 spiro atoms. The summed E-state index contributed by atoms with van der Waals surface area (Å²) in [5.74, 6) is -0.944. The van der Waals surface area contributed by atoms with Crippen LogP contribution in [-0.4, -0.2) is 23.8 Å². The van der Waals surface area contributed by atoms with Crippen LogP contribution in [-0.2, 0) is 9.53 Å². The summed E-state index contributed by atoms with van der Waals surface area (Å²) in [4.78, 5) is 36.7. The second kappa shape index (κ2) is 8.16. The molecular formula is C22H25NO4. The maximum atomic E-state index is 12.5. The molecular weight excluding hydrogens is 342 g/mol. The molecule has 2 rings (SSSR count). The largest absolute Gasteiger partial charge is 0.451 e. The first-order valence-corrected chi connectivity index (χ1v) is 8.81. The van der Waals surface area contributed by atoms with Gasteiger partial charge in [-0.15, -0.1) is 0 Å². The lowest BCUT2D eigenvalue weighted by Crippen LogP contribution is -2.27. The van der Waals surface area contributed by atoms with Crippen LogP contribution in [0.15, 0.2) is 48.5 Å². The molecule has 0 bridgehead atoms. The monoisotopic (exact) mass is 367 g/mol. The summed E-state index contributed by atoms with van der Waals surface area (Å²) in [6.07, 6.45) is -0.909. The zero-order chi connectivity index (χ0) is 20.2. The Balaban J connectivity index is 2.02. The number of aryl methyl sites for hydroxylation is 1. The van der Waals surface area contributed by atoms with Gasteiger partial charge in [0.1, 0.15) is 0 Å². The van der Waals surface area contributed by atoms with Crippen molar-refractivity contribution in [3.63, 3.8) is 0 Å². The van der Waals surface area contributed by atoms with E-state index in [9.17, 15) is 14.4 Å². The predicted octanol–water partition coefficient (Wildman–Crippen LogP) is 4.41. The van der Waals surface area contributed by atoms with Crippen molar-refractivity contribution in [2.75, 3.05) is 5.32 Å². The lowest BCUT2D eigenvalue weighted by atomic mass is 9.95. The Morgan fingerprint density at radius 1 is 0.963 bits per heavy atom. The molecule has 142 valence electrons. The van der Waals surface area contributed by atoms with Crippen LogP contribution in [0.1, 0.15) is 54.0 Å². The van der Waals surface area contributed by atoms with E-state index in [4.69, 9.17) is 4.74 Å². The van der Waals surface area contributed by atoms with E-state index in [1.165, 1.54) is 0 Å². The van der Waals surface area contributed by atoms with Gasteiger partial charge in [-0.2, -0.15) is 0 Å². The van der Waals surface area contributed by atoms with E-state index >= 15 is 0 Å². The van der Waals surface area contributed by atoms with Gasteiger partial charge >= 0.3 is 5.97 Å². The quantitative estimate of drug-likeness (QED) is 0.628. The fourth-order valence-electron chi connectivity index (χ4n) is 2.33. The van der Waals surface area contributed by atoms with Gasteiger partial charge in [-0.05, 0) is 50.2 Å². The number of ether oxygens (including phenoxy) is 1. The molecule has 0 saturated heterocycles. The molecule has 27 heavy (non-hydrogen) atoms. The number of hydrogen-bond acceptors (Lipinski definition) is 4. The molecule has 1 atom stereocenters. The molecule has 0 aromatic heterocycles. The predicted molar refractivity (Wildman–Crippen MR) is 105 cm³/mol. The highest BCUT2D eigenvalue weighted by molar-refractivity contribution is 6.02. The summed E-state index contributed by atoms with van der Waals surface area (Å²) in [6.45, 7) is 8.90. The maximum Gasteiger partial charge on any atom is 0.338 e. The van der Waals surface area contributed by atoms with Crippen molar-refractivity contribution in [3.8, 4) is 0 Å². The van der Waals surface area contributed by atoms with Gasteiger partial charge < -0.3 is 10.1 Å². The minimum absolute atomic E-state index is 0.109. The SMILES string of the molecule is Cc1cccc(C(=O)O[C@H](C)C(=O)c2ccc(NC(=O)C(C)(C)C)cc2)c1. The summed E-state index contributed by atoms with van der Waals surface area (Å²) < 4.78 is 5.29. The average Bonchev–Trinajstić information content (AvgIpc) is 2.60. The fourth-order valence-corrected chi connectivity index (χ4v) is 2.33. The normalized spacial score (nSPS) is 12.2. The van der Waals surface area contributed by atoms with Gasteiger partial charge in [0.05, 0.1) is 5.56 Å². The van der Waals surface area contributed by atoms with Crippen molar-refractivity contribution in [2.45, 2.75) is 40.7 Å². The van der Waals surface area contributed by atoms with Crippen molar-refractivity contribution in [1.29, 1.82) is 0 Å². The Kier molecular flexibility index (Phi) is 6.16. The van der Waals surface area contributed by atoms with Crippen LogP contribution < -0.4 is 5.32 Å². The summed E-state index contributed by atoms with van der Waals surface area (Å²) in [5, 5.41) is 2.80. The van der Waals surface area contributed by atoms with Crippen molar-refractivity contribution in [2.24, 2.45) is 5.41 Å². The molecule has 0 aliphatic carbocycles. The molecule has 2 aromatic rings. The summed E-state index contributed by atoms with van der Waals surface area (Å²) >= 11 is 0. The van der Waals surface area contributed by atoms with Crippen LogP contribution in [0, 0.1) is 12.3 Å². The minimum Gasteiger partial charge on any atom is -0.451 e. The molecule has 0 heterocycles. The number of carbonyl (C=O) groups is 3. The molecule has 0 fully saturated rings. The Bertz CT molecular complexity index is 847. The number of esters is 1. The van der Waals surface area contributed by atoms with Crippen LogP contribution in [0.2, 0.25) is 0 Å². The van der Waals surface area contributed by atoms with E-state index in [1.807, 2.05) is 33.8 Å².